The van der Waals surface area contributed by atoms with Gasteiger partial charge in [-0.1, -0.05) is 30.3 Å². The van der Waals surface area contributed by atoms with Crippen molar-refractivity contribution in [2.45, 2.75) is 25.3 Å². The molecule has 0 spiro atoms. The van der Waals surface area contributed by atoms with Crippen LogP contribution in [0.5, 0.6) is 5.75 Å². The van der Waals surface area contributed by atoms with E-state index in [4.69, 9.17) is 4.74 Å². The Kier molecular flexibility index (Phi) is 4.52. The van der Waals surface area contributed by atoms with Gasteiger partial charge in [-0.25, -0.2) is 9.59 Å². The van der Waals surface area contributed by atoms with Crippen molar-refractivity contribution >= 4 is 17.9 Å². The van der Waals surface area contributed by atoms with Crippen LogP contribution in [0, 0.1) is 0 Å². The minimum Gasteiger partial charge on any atom is -0.423 e. The molecule has 2 N–H and O–H groups in total. The van der Waals surface area contributed by atoms with Gasteiger partial charge in [0.05, 0.1) is 5.56 Å². The number of carbonyl (C=O) groups excluding carboxylic acids is 3. The number of imide groups is 1. The highest BCUT2D eigenvalue weighted by molar-refractivity contribution is 6.06. The zero-order valence-corrected chi connectivity index (χ0v) is 13.7. The lowest BCUT2D eigenvalue weighted by molar-refractivity contribution is -0.123. The van der Waals surface area contributed by atoms with E-state index < -0.39 is 17.5 Å². The van der Waals surface area contributed by atoms with E-state index in [0.29, 0.717) is 24.2 Å². The first kappa shape index (κ1) is 16.7. The monoisotopic (exact) mass is 338 g/mol. The molecule has 0 aliphatic carbocycles. The molecule has 0 aromatic heterocycles. The predicted octanol–water partition coefficient (Wildman–Crippen LogP) is 2.44. The summed E-state index contributed by atoms with van der Waals surface area (Å²) in [5.41, 5.74) is 0.576. The van der Waals surface area contributed by atoms with E-state index in [1.54, 1.807) is 43.3 Å². The molecular formula is C19H18N2O4. The normalized spacial score (nSPS) is 19.2. The summed E-state index contributed by atoms with van der Waals surface area (Å²) in [5.74, 6) is -0.271. The van der Waals surface area contributed by atoms with Crippen LogP contribution in [0.2, 0.25) is 0 Å². The largest absolute Gasteiger partial charge is 0.423 e. The van der Waals surface area contributed by atoms with Gasteiger partial charge in [0.1, 0.15) is 11.3 Å². The number of hydrogen-bond acceptors (Lipinski definition) is 4. The number of urea groups is 1. The maximum absolute atomic E-state index is 12.0. The van der Waals surface area contributed by atoms with Crippen LogP contribution in [0.1, 0.15) is 29.3 Å². The summed E-state index contributed by atoms with van der Waals surface area (Å²) in [7, 11) is 0. The molecule has 1 aliphatic heterocycles. The van der Waals surface area contributed by atoms with Crippen molar-refractivity contribution < 1.29 is 19.1 Å². The molecule has 6 heteroatoms. The Morgan fingerprint density at radius 1 is 1.04 bits per heavy atom. The molecule has 25 heavy (non-hydrogen) atoms. The Balaban J connectivity index is 1.58. The van der Waals surface area contributed by atoms with Crippen LogP contribution in [0.15, 0.2) is 54.6 Å². The summed E-state index contributed by atoms with van der Waals surface area (Å²) >= 11 is 0. The molecule has 2 aromatic rings. The van der Waals surface area contributed by atoms with Crippen molar-refractivity contribution in [2.75, 3.05) is 0 Å². The number of carbonyl (C=O) groups is 3. The Morgan fingerprint density at radius 3 is 2.32 bits per heavy atom. The Hall–Kier alpha value is -3.15. The van der Waals surface area contributed by atoms with Crippen molar-refractivity contribution in [3.05, 3.63) is 65.7 Å². The van der Waals surface area contributed by atoms with E-state index in [0.717, 1.165) is 5.56 Å². The summed E-state index contributed by atoms with van der Waals surface area (Å²) in [4.78, 5) is 35.0. The number of esters is 1. The first-order chi connectivity index (χ1) is 12.0. The zero-order chi connectivity index (χ0) is 17.9. The number of nitrogens with one attached hydrogen (secondary N) is 2. The highest BCUT2D eigenvalue weighted by atomic mass is 16.5. The molecule has 3 rings (SSSR count). The number of amides is 3. The third-order valence-electron chi connectivity index (χ3n) is 4.17. The summed E-state index contributed by atoms with van der Waals surface area (Å²) in [5, 5.41) is 4.88. The van der Waals surface area contributed by atoms with Gasteiger partial charge in [0.25, 0.3) is 5.91 Å². The van der Waals surface area contributed by atoms with Crippen LogP contribution >= 0.6 is 0 Å². The van der Waals surface area contributed by atoms with Gasteiger partial charge in [0.2, 0.25) is 0 Å². The van der Waals surface area contributed by atoms with Gasteiger partial charge in [0, 0.05) is 0 Å². The fourth-order valence-corrected chi connectivity index (χ4v) is 2.61. The van der Waals surface area contributed by atoms with Crippen molar-refractivity contribution in [1.82, 2.24) is 10.6 Å². The number of benzene rings is 2. The third-order valence-corrected chi connectivity index (χ3v) is 4.17. The molecule has 1 atom stereocenters. The fourth-order valence-electron chi connectivity index (χ4n) is 2.61. The van der Waals surface area contributed by atoms with Gasteiger partial charge >= 0.3 is 12.0 Å². The van der Waals surface area contributed by atoms with E-state index in [1.165, 1.54) is 0 Å². The average molecular weight is 338 g/mol. The number of aryl methyl sites for hydroxylation is 1. The number of rotatable bonds is 5. The maximum Gasteiger partial charge on any atom is 0.343 e. The second kappa shape index (κ2) is 6.76. The van der Waals surface area contributed by atoms with Crippen molar-refractivity contribution in [2.24, 2.45) is 0 Å². The molecule has 1 aliphatic rings. The van der Waals surface area contributed by atoms with Crippen LogP contribution in [-0.4, -0.2) is 23.4 Å². The molecule has 0 bridgehead atoms. The predicted molar refractivity (Wildman–Crippen MR) is 91.2 cm³/mol. The van der Waals surface area contributed by atoms with Gasteiger partial charge in [-0.3, -0.25) is 10.1 Å². The second-order valence-electron chi connectivity index (χ2n) is 6.14. The minimum absolute atomic E-state index is 0.314. The SMILES string of the molecule is C[C@@]1(CCc2ccc(OC(=O)c3ccccc3)cc2)NC(=O)NC1=O. The van der Waals surface area contributed by atoms with Crippen molar-refractivity contribution in [3.8, 4) is 5.75 Å². The van der Waals surface area contributed by atoms with Crippen LogP contribution in [0.3, 0.4) is 0 Å². The third kappa shape index (κ3) is 3.85. The lowest BCUT2D eigenvalue weighted by Gasteiger charge is -2.20. The molecule has 0 saturated carbocycles. The highest BCUT2D eigenvalue weighted by Crippen LogP contribution is 2.20. The molecule has 1 fully saturated rings. The Bertz CT molecular complexity index is 802. The van der Waals surface area contributed by atoms with Crippen LogP contribution in [0.25, 0.3) is 0 Å². The zero-order valence-electron chi connectivity index (χ0n) is 13.7. The van der Waals surface area contributed by atoms with E-state index in [2.05, 4.69) is 10.6 Å². The smallest absolute Gasteiger partial charge is 0.343 e. The van der Waals surface area contributed by atoms with Crippen LogP contribution < -0.4 is 15.4 Å². The molecule has 3 amide bonds. The maximum atomic E-state index is 12.0. The highest BCUT2D eigenvalue weighted by Gasteiger charge is 2.41. The van der Waals surface area contributed by atoms with Gasteiger partial charge in [-0.15, -0.1) is 0 Å². The number of hydrogen-bond donors (Lipinski definition) is 2. The topological polar surface area (TPSA) is 84.5 Å². The Morgan fingerprint density at radius 2 is 1.72 bits per heavy atom. The molecule has 128 valence electrons. The summed E-state index contributed by atoms with van der Waals surface area (Å²) < 4.78 is 5.32. The second-order valence-corrected chi connectivity index (χ2v) is 6.14. The molecule has 6 nitrogen and oxygen atoms in total. The van der Waals surface area contributed by atoms with Gasteiger partial charge < -0.3 is 10.1 Å². The van der Waals surface area contributed by atoms with Crippen LogP contribution in [0.4, 0.5) is 4.79 Å². The minimum atomic E-state index is -0.893. The van der Waals surface area contributed by atoms with Crippen molar-refractivity contribution in [1.29, 1.82) is 0 Å². The van der Waals surface area contributed by atoms with Crippen LogP contribution in [-0.2, 0) is 11.2 Å². The van der Waals surface area contributed by atoms with E-state index in [-0.39, 0.29) is 5.91 Å². The lowest BCUT2D eigenvalue weighted by Crippen LogP contribution is -2.43. The molecule has 1 heterocycles. The summed E-state index contributed by atoms with van der Waals surface area (Å²) in [6, 6.07) is 15.4. The molecule has 0 unspecified atom stereocenters. The standard InChI is InChI=1S/C19H18N2O4/c1-19(17(23)20-18(24)21-19)12-11-13-7-9-15(10-8-13)25-16(22)14-5-3-2-4-6-14/h2-10H,11-12H2,1H3,(H2,20,21,23,24)/t19-/m0/s1. The molecule has 1 saturated heterocycles. The molecule has 2 aromatic carbocycles. The summed E-state index contributed by atoms with van der Waals surface area (Å²) in [6.45, 7) is 1.70. The molecule has 0 radical (unpaired) electrons. The van der Waals surface area contributed by atoms with Crippen molar-refractivity contribution in [3.63, 3.8) is 0 Å². The van der Waals surface area contributed by atoms with Gasteiger partial charge in [-0.05, 0) is 49.6 Å². The van der Waals surface area contributed by atoms with Gasteiger partial charge in [-0.2, -0.15) is 0 Å². The van der Waals surface area contributed by atoms with E-state index in [9.17, 15) is 14.4 Å². The number of ether oxygens (including phenoxy) is 1. The van der Waals surface area contributed by atoms with E-state index in [1.807, 2.05) is 18.2 Å². The average Bonchev–Trinajstić information content (AvgIpc) is 2.87. The first-order valence-corrected chi connectivity index (χ1v) is 7.96. The fraction of sp³-hybridized carbons (Fsp3) is 0.211. The molecular weight excluding hydrogens is 320 g/mol. The van der Waals surface area contributed by atoms with E-state index >= 15 is 0 Å². The Labute approximate surface area is 145 Å². The summed E-state index contributed by atoms with van der Waals surface area (Å²) in [6.07, 6.45) is 1.09. The quantitative estimate of drug-likeness (QED) is 0.498. The van der Waals surface area contributed by atoms with Gasteiger partial charge in [0.15, 0.2) is 0 Å². The first-order valence-electron chi connectivity index (χ1n) is 7.96. The lowest BCUT2D eigenvalue weighted by atomic mass is 9.93.